The van der Waals surface area contributed by atoms with Gasteiger partial charge in [-0.25, -0.2) is 17.9 Å². The predicted molar refractivity (Wildman–Crippen MR) is 64.3 cm³/mol. The number of fused-ring (bicyclic) bond motifs is 2. The van der Waals surface area contributed by atoms with Gasteiger partial charge in [0.15, 0.2) is 0 Å². The molecular weight excluding hydrogens is 312 g/mol. The maximum absolute atomic E-state index is 13.6. The molecule has 0 spiro atoms. The highest BCUT2D eigenvalue weighted by atomic mass is 32.2. The lowest BCUT2D eigenvalue weighted by Gasteiger charge is -2.35. The van der Waals surface area contributed by atoms with Crippen LogP contribution in [0.15, 0.2) is 0 Å². The average molecular weight is 327 g/mol. The zero-order chi connectivity index (χ0) is 16.1. The van der Waals surface area contributed by atoms with Crippen LogP contribution < -0.4 is 4.72 Å². The number of alkyl halides is 2. The lowest BCUT2D eigenvalue weighted by molar-refractivity contribution is -0.253. The van der Waals surface area contributed by atoms with E-state index in [1.165, 1.54) is 4.72 Å². The molecule has 0 aromatic heterocycles. The van der Waals surface area contributed by atoms with Crippen molar-refractivity contribution < 1.29 is 36.3 Å². The number of nitrogens with one attached hydrogen (secondary N) is 1. The molecule has 21 heavy (non-hydrogen) atoms. The van der Waals surface area contributed by atoms with Crippen LogP contribution in [0.25, 0.3) is 0 Å². The van der Waals surface area contributed by atoms with Gasteiger partial charge in [0.2, 0.25) is 0 Å². The molecule has 1 saturated carbocycles. The quantitative estimate of drug-likeness (QED) is 0.749. The van der Waals surface area contributed by atoms with Gasteiger partial charge in [-0.05, 0) is 19.4 Å². The van der Waals surface area contributed by atoms with Crippen LogP contribution in [0.5, 0.6) is 0 Å². The van der Waals surface area contributed by atoms with Crippen LogP contribution in [-0.4, -0.2) is 38.4 Å². The lowest BCUT2D eigenvalue weighted by atomic mass is 10.0. The summed E-state index contributed by atoms with van der Waals surface area (Å²) in [6, 6.07) is 0. The number of rotatable bonds is 4. The molecule has 0 radical (unpaired) electrons. The molecule has 10 heteroatoms. The Kier molecular flexibility index (Phi) is 3.73. The summed E-state index contributed by atoms with van der Waals surface area (Å²) in [5.41, 5.74) is 0. The molecule has 7 nitrogen and oxygen atoms in total. The molecule has 2 bridgehead atoms. The van der Waals surface area contributed by atoms with E-state index in [-0.39, 0.29) is 18.8 Å². The van der Waals surface area contributed by atoms with Crippen LogP contribution in [-0.2, 0) is 29.1 Å². The van der Waals surface area contributed by atoms with Gasteiger partial charge in [0.1, 0.15) is 0 Å². The molecule has 1 aliphatic heterocycles. The summed E-state index contributed by atoms with van der Waals surface area (Å²) in [6.45, 7) is 1.59. The number of hydrogen-bond donors (Lipinski definition) is 1. The van der Waals surface area contributed by atoms with E-state index in [0.717, 1.165) is 7.05 Å². The molecule has 1 heterocycles. The van der Waals surface area contributed by atoms with Gasteiger partial charge in [0.05, 0.1) is 0 Å². The zero-order valence-electron chi connectivity index (χ0n) is 11.4. The average Bonchev–Trinajstić information content (AvgIpc) is 2.58. The smallest absolute Gasteiger partial charge is 0.422 e. The molecule has 0 amide bonds. The van der Waals surface area contributed by atoms with Crippen molar-refractivity contribution in [1.82, 2.24) is 4.72 Å². The normalized spacial score (nSPS) is 32.7. The van der Waals surface area contributed by atoms with Crippen molar-refractivity contribution in [3.05, 3.63) is 0 Å². The van der Waals surface area contributed by atoms with E-state index in [4.69, 9.17) is 4.74 Å². The molecule has 0 aromatic rings. The largest absolute Gasteiger partial charge is 0.454 e. The molecule has 1 saturated heterocycles. The Balaban J connectivity index is 2.25. The Morgan fingerprint density at radius 3 is 2.71 bits per heavy atom. The van der Waals surface area contributed by atoms with E-state index < -0.39 is 38.9 Å². The van der Waals surface area contributed by atoms with Crippen LogP contribution >= 0.6 is 0 Å². The summed E-state index contributed by atoms with van der Waals surface area (Å²) in [6.07, 6.45) is 0.708. The minimum atomic E-state index is -5.20. The lowest BCUT2D eigenvalue weighted by Crippen LogP contribution is -2.51. The third-order valence-electron chi connectivity index (χ3n) is 3.86. The molecular formula is C11H15F2NO6S. The number of sulfonamides is 1. The second-order valence-corrected chi connectivity index (χ2v) is 7.24. The Morgan fingerprint density at radius 2 is 2.14 bits per heavy atom. The van der Waals surface area contributed by atoms with Crippen molar-refractivity contribution in [2.45, 2.75) is 37.2 Å². The molecule has 3 atom stereocenters. The first-order chi connectivity index (χ1) is 9.54. The van der Waals surface area contributed by atoms with Gasteiger partial charge in [-0.3, -0.25) is 4.79 Å². The van der Waals surface area contributed by atoms with Gasteiger partial charge in [-0.1, -0.05) is 6.92 Å². The number of carbonyl (C=O) groups excluding carboxylic acids is 2. The first-order valence-electron chi connectivity index (χ1n) is 6.30. The van der Waals surface area contributed by atoms with Crippen molar-refractivity contribution in [1.29, 1.82) is 0 Å². The topological polar surface area (TPSA) is 98.8 Å². The van der Waals surface area contributed by atoms with Gasteiger partial charge in [0.25, 0.3) is 15.8 Å². The van der Waals surface area contributed by atoms with Gasteiger partial charge in [0, 0.05) is 18.8 Å². The second kappa shape index (κ2) is 4.87. The monoisotopic (exact) mass is 327 g/mol. The SMILES string of the molecule is CNS(=O)(=O)C(F)(F)C(=O)OC12CC(CC(=O)O1)CC2C. The van der Waals surface area contributed by atoms with Crippen LogP contribution in [0, 0.1) is 11.8 Å². The second-order valence-electron chi connectivity index (χ2n) is 5.31. The van der Waals surface area contributed by atoms with E-state index in [1.807, 2.05) is 0 Å². The van der Waals surface area contributed by atoms with E-state index in [0.29, 0.717) is 6.42 Å². The summed E-state index contributed by atoms with van der Waals surface area (Å²) < 4.78 is 60.6. The van der Waals surface area contributed by atoms with Crippen LogP contribution in [0.3, 0.4) is 0 Å². The standard InChI is InChI=1S/C11H15F2NO6S/c1-6-3-7-4-8(15)19-10(6,5-7)20-9(16)11(12,13)21(17,18)14-2/h6-7,14H,3-5H2,1-2H3. The molecule has 1 N–H and O–H groups in total. The predicted octanol–water partition coefficient (Wildman–Crippen LogP) is 0.361. The van der Waals surface area contributed by atoms with E-state index in [1.54, 1.807) is 6.92 Å². The first kappa shape index (κ1) is 16.1. The third-order valence-corrected chi connectivity index (χ3v) is 5.24. The summed E-state index contributed by atoms with van der Waals surface area (Å²) in [7, 11) is -4.44. The first-order valence-corrected chi connectivity index (χ1v) is 7.78. The number of halogens is 2. The van der Waals surface area contributed by atoms with Gasteiger partial charge in [-0.15, -0.1) is 0 Å². The molecule has 2 rings (SSSR count). The minimum absolute atomic E-state index is 0.0985. The van der Waals surface area contributed by atoms with E-state index in [9.17, 15) is 26.8 Å². The van der Waals surface area contributed by atoms with Gasteiger partial charge in [-0.2, -0.15) is 8.78 Å². The number of esters is 2. The van der Waals surface area contributed by atoms with Gasteiger partial charge >= 0.3 is 17.2 Å². The van der Waals surface area contributed by atoms with Crippen LogP contribution in [0.4, 0.5) is 8.78 Å². The van der Waals surface area contributed by atoms with Gasteiger partial charge < -0.3 is 9.47 Å². The fourth-order valence-corrected chi connectivity index (χ4v) is 3.27. The molecule has 2 fully saturated rings. The van der Waals surface area contributed by atoms with E-state index in [2.05, 4.69) is 4.74 Å². The molecule has 1 aliphatic carbocycles. The van der Waals surface area contributed by atoms with Crippen molar-refractivity contribution in [2.24, 2.45) is 11.8 Å². The van der Waals surface area contributed by atoms with E-state index >= 15 is 0 Å². The molecule has 3 unspecified atom stereocenters. The summed E-state index contributed by atoms with van der Waals surface area (Å²) >= 11 is 0. The van der Waals surface area contributed by atoms with Crippen LogP contribution in [0.1, 0.15) is 26.2 Å². The minimum Gasteiger partial charge on any atom is -0.422 e. The fraction of sp³-hybridized carbons (Fsp3) is 0.818. The number of carbonyl (C=O) groups is 2. The highest BCUT2D eigenvalue weighted by Crippen LogP contribution is 2.49. The Hall–Kier alpha value is -1.29. The molecule has 120 valence electrons. The highest BCUT2D eigenvalue weighted by Gasteiger charge is 2.61. The maximum Gasteiger partial charge on any atom is 0.454 e. The Morgan fingerprint density at radius 1 is 1.52 bits per heavy atom. The number of ether oxygens (including phenoxy) is 2. The Bertz CT molecular complexity index is 577. The fourth-order valence-electron chi connectivity index (χ4n) is 2.75. The number of hydrogen-bond acceptors (Lipinski definition) is 6. The third kappa shape index (κ3) is 2.50. The molecule has 2 aliphatic rings. The van der Waals surface area contributed by atoms with Crippen molar-refractivity contribution >= 4 is 22.0 Å². The Labute approximate surface area is 120 Å². The molecule has 0 aromatic carbocycles. The maximum atomic E-state index is 13.6. The summed E-state index contributed by atoms with van der Waals surface area (Å²) in [4.78, 5) is 23.0. The van der Waals surface area contributed by atoms with Crippen molar-refractivity contribution in [3.8, 4) is 0 Å². The van der Waals surface area contributed by atoms with Crippen molar-refractivity contribution in [2.75, 3.05) is 7.05 Å². The van der Waals surface area contributed by atoms with Crippen LogP contribution in [0.2, 0.25) is 0 Å². The highest BCUT2D eigenvalue weighted by molar-refractivity contribution is 7.91. The summed E-state index contributed by atoms with van der Waals surface area (Å²) in [5.74, 6) is -5.30. The zero-order valence-corrected chi connectivity index (χ0v) is 12.2. The van der Waals surface area contributed by atoms with Crippen molar-refractivity contribution in [3.63, 3.8) is 0 Å². The summed E-state index contributed by atoms with van der Waals surface area (Å²) in [5, 5.41) is -4.77.